The van der Waals surface area contributed by atoms with Crippen LogP contribution in [0.5, 0.6) is 0 Å². The molecule has 1 fully saturated rings. The van der Waals surface area contributed by atoms with Gasteiger partial charge in [0.15, 0.2) is 0 Å². The summed E-state index contributed by atoms with van der Waals surface area (Å²) in [5.74, 6) is -1.59. The highest BCUT2D eigenvalue weighted by molar-refractivity contribution is 6.36. The van der Waals surface area contributed by atoms with E-state index in [1.54, 1.807) is 26.0 Å². The van der Waals surface area contributed by atoms with Crippen molar-refractivity contribution in [1.82, 2.24) is 20.6 Å². The molecule has 0 radical (unpaired) electrons. The van der Waals surface area contributed by atoms with Crippen molar-refractivity contribution < 1.29 is 14.4 Å². The van der Waals surface area contributed by atoms with Crippen LogP contribution in [-0.4, -0.2) is 27.7 Å². The van der Waals surface area contributed by atoms with Crippen LogP contribution < -0.4 is 10.6 Å². The summed E-state index contributed by atoms with van der Waals surface area (Å²) >= 11 is 12.8. The lowest BCUT2D eigenvalue weighted by Crippen LogP contribution is -2.40. The number of imide groups is 1. The molecule has 2 N–H and O–H groups in total. The summed E-state index contributed by atoms with van der Waals surface area (Å²) in [5.41, 5.74) is 0.756. The van der Waals surface area contributed by atoms with E-state index in [1.807, 2.05) is 6.07 Å². The smallest absolute Gasteiger partial charge is 0.234 e. The van der Waals surface area contributed by atoms with Crippen LogP contribution in [-0.2, 0) is 26.3 Å². The summed E-state index contributed by atoms with van der Waals surface area (Å²) in [6.07, 6.45) is 3.46. The van der Waals surface area contributed by atoms with E-state index < -0.39 is 17.2 Å². The molecule has 0 saturated carbocycles. The summed E-state index contributed by atoms with van der Waals surface area (Å²) < 4.78 is 0. The molecule has 31 heavy (non-hydrogen) atoms. The first-order valence-corrected chi connectivity index (χ1v) is 10.2. The largest absolute Gasteiger partial charge is 0.351 e. The van der Waals surface area contributed by atoms with Crippen molar-refractivity contribution >= 4 is 40.9 Å². The zero-order chi connectivity index (χ0) is 22.8. The van der Waals surface area contributed by atoms with E-state index in [1.165, 1.54) is 12.4 Å². The highest BCUT2D eigenvalue weighted by atomic mass is 35.5. The quantitative estimate of drug-likeness (QED) is 0.662. The average Bonchev–Trinajstić information content (AvgIpc) is 2.73. The fourth-order valence-electron chi connectivity index (χ4n) is 3.28. The highest BCUT2D eigenvalue weighted by Crippen LogP contribution is 2.37. The van der Waals surface area contributed by atoms with E-state index in [0.29, 0.717) is 33.2 Å². The van der Waals surface area contributed by atoms with Gasteiger partial charge in [-0.25, -0.2) is 9.97 Å². The van der Waals surface area contributed by atoms with E-state index in [2.05, 4.69) is 20.6 Å². The standard InChI is InChI=1S/C21H19Cl2N5O3/c1-21(2,12-9-25-16(7-24)26-10-12)20(31)27-8-11-5-14(22)18(15(23)6-11)13-3-4-17(29)28-19(13)30/h5-6,9-10,13H,3-4,8H2,1-2H3,(H,27,31)(H,28,29,30). The van der Waals surface area contributed by atoms with E-state index in [4.69, 9.17) is 28.5 Å². The normalized spacial score (nSPS) is 16.4. The molecule has 1 aromatic carbocycles. The third-order valence-corrected chi connectivity index (χ3v) is 5.85. The zero-order valence-electron chi connectivity index (χ0n) is 16.8. The Labute approximate surface area is 189 Å². The van der Waals surface area contributed by atoms with Gasteiger partial charge in [-0.1, -0.05) is 23.2 Å². The number of piperidine rings is 1. The van der Waals surface area contributed by atoms with Crippen LogP contribution in [0, 0.1) is 11.3 Å². The topological polar surface area (TPSA) is 125 Å². The lowest BCUT2D eigenvalue weighted by molar-refractivity contribution is -0.134. The molecule has 1 saturated heterocycles. The Hall–Kier alpha value is -3.02. The first-order chi connectivity index (χ1) is 14.6. The molecule has 10 heteroatoms. The van der Waals surface area contributed by atoms with Crippen LogP contribution in [0.2, 0.25) is 10.0 Å². The second-order valence-corrected chi connectivity index (χ2v) is 8.51. The Morgan fingerprint density at radius 1 is 1.26 bits per heavy atom. The molecule has 1 aliphatic rings. The van der Waals surface area contributed by atoms with Gasteiger partial charge in [-0.15, -0.1) is 0 Å². The van der Waals surface area contributed by atoms with Crippen LogP contribution in [0.15, 0.2) is 24.5 Å². The Morgan fingerprint density at radius 3 is 2.42 bits per heavy atom. The Balaban J connectivity index is 1.73. The van der Waals surface area contributed by atoms with E-state index >= 15 is 0 Å². The fraction of sp³-hybridized carbons (Fsp3) is 0.333. The second-order valence-electron chi connectivity index (χ2n) is 7.69. The van der Waals surface area contributed by atoms with Gasteiger partial charge in [0, 0.05) is 46.5 Å². The molecular formula is C21H19Cl2N5O3. The summed E-state index contributed by atoms with van der Waals surface area (Å²) in [7, 11) is 0. The first kappa shape index (κ1) is 22.7. The minimum absolute atomic E-state index is 0.0281. The number of hydrogen-bond donors (Lipinski definition) is 2. The number of carbonyl (C=O) groups excluding carboxylic acids is 3. The molecule has 0 spiro atoms. The third-order valence-electron chi connectivity index (χ3n) is 5.22. The van der Waals surface area contributed by atoms with Gasteiger partial charge < -0.3 is 5.32 Å². The number of rotatable bonds is 5. The predicted molar refractivity (Wildman–Crippen MR) is 113 cm³/mol. The maximum atomic E-state index is 12.8. The Bertz CT molecular complexity index is 1070. The Kier molecular flexibility index (Phi) is 6.58. The predicted octanol–water partition coefficient (Wildman–Crippen LogP) is 2.77. The number of aromatic nitrogens is 2. The SMILES string of the molecule is CC(C)(C(=O)NCc1cc(Cl)c(C2CCC(=O)NC2=O)c(Cl)c1)c1cnc(C#N)nc1. The summed E-state index contributed by atoms with van der Waals surface area (Å²) in [4.78, 5) is 44.1. The maximum Gasteiger partial charge on any atom is 0.234 e. The molecule has 0 aliphatic carbocycles. The van der Waals surface area contributed by atoms with Crippen molar-refractivity contribution in [1.29, 1.82) is 5.26 Å². The molecule has 2 heterocycles. The molecule has 8 nitrogen and oxygen atoms in total. The second kappa shape index (κ2) is 9.00. The van der Waals surface area contributed by atoms with Crippen molar-refractivity contribution in [3.05, 3.63) is 57.1 Å². The monoisotopic (exact) mass is 459 g/mol. The number of nitrogens with zero attached hydrogens (tertiary/aromatic N) is 3. The molecule has 1 aromatic heterocycles. The van der Waals surface area contributed by atoms with Crippen molar-refractivity contribution in [3.8, 4) is 6.07 Å². The van der Waals surface area contributed by atoms with Gasteiger partial charge in [-0.05, 0) is 38.0 Å². The molecule has 160 valence electrons. The Morgan fingerprint density at radius 2 is 1.87 bits per heavy atom. The molecule has 3 rings (SSSR count). The molecule has 1 atom stereocenters. The summed E-state index contributed by atoms with van der Waals surface area (Å²) in [6.45, 7) is 3.60. The maximum absolute atomic E-state index is 12.8. The number of hydrogen-bond acceptors (Lipinski definition) is 6. The van der Waals surface area contributed by atoms with Crippen molar-refractivity contribution in [3.63, 3.8) is 0 Å². The van der Waals surface area contributed by atoms with Crippen LogP contribution in [0.1, 0.15) is 55.1 Å². The molecule has 2 aromatic rings. The molecular weight excluding hydrogens is 441 g/mol. The van der Waals surface area contributed by atoms with Crippen LogP contribution in [0.3, 0.4) is 0 Å². The fourth-order valence-corrected chi connectivity index (χ4v) is 4.08. The zero-order valence-corrected chi connectivity index (χ0v) is 18.3. The molecule has 1 unspecified atom stereocenters. The number of carbonyl (C=O) groups is 3. The van der Waals surface area contributed by atoms with Gasteiger partial charge in [0.1, 0.15) is 6.07 Å². The number of benzene rings is 1. The molecule has 3 amide bonds. The number of nitrogens with one attached hydrogen (secondary N) is 2. The first-order valence-electron chi connectivity index (χ1n) is 9.46. The van der Waals surface area contributed by atoms with Crippen LogP contribution >= 0.6 is 23.2 Å². The highest BCUT2D eigenvalue weighted by Gasteiger charge is 2.32. The molecule has 1 aliphatic heterocycles. The minimum atomic E-state index is -0.936. The van der Waals surface area contributed by atoms with Crippen LogP contribution in [0.25, 0.3) is 0 Å². The summed E-state index contributed by atoms with van der Waals surface area (Å²) in [6, 6.07) is 5.12. The van der Waals surface area contributed by atoms with E-state index in [9.17, 15) is 14.4 Å². The number of halogens is 2. The van der Waals surface area contributed by atoms with Crippen molar-refractivity contribution in [2.75, 3.05) is 0 Å². The van der Waals surface area contributed by atoms with Crippen LogP contribution in [0.4, 0.5) is 0 Å². The van der Waals surface area contributed by atoms with Crippen molar-refractivity contribution in [2.45, 2.75) is 44.6 Å². The number of amides is 3. The van der Waals surface area contributed by atoms with Gasteiger partial charge >= 0.3 is 0 Å². The van der Waals surface area contributed by atoms with Crippen molar-refractivity contribution in [2.24, 2.45) is 0 Å². The minimum Gasteiger partial charge on any atom is -0.351 e. The van der Waals surface area contributed by atoms with Gasteiger partial charge in [-0.2, -0.15) is 5.26 Å². The van der Waals surface area contributed by atoms with E-state index in [0.717, 1.165) is 0 Å². The lowest BCUT2D eigenvalue weighted by Gasteiger charge is -2.24. The lowest BCUT2D eigenvalue weighted by atomic mass is 9.85. The van der Waals surface area contributed by atoms with Gasteiger partial charge in [-0.3, -0.25) is 19.7 Å². The van der Waals surface area contributed by atoms with Gasteiger partial charge in [0.2, 0.25) is 23.5 Å². The van der Waals surface area contributed by atoms with Gasteiger partial charge in [0.25, 0.3) is 0 Å². The third kappa shape index (κ3) is 4.84. The van der Waals surface area contributed by atoms with E-state index in [-0.39, 0.29) is 30.6 Å². The van der Waals surface area contributed by atoms with Gasteiger partial charge in [0.05, 0.1) is 11.3 Å². The molecule has 0 bridgehead atoms. The average molecular weight is 460 g/mol. The number of nitriles is 1. The summed E-state index contributed by atoms with van der Waals surface area (Å²) in [5, 5.41) is 14.5.